The number of hydrogen-bond donors (Lipinski definition) is 4. The van der Waals surface area contributed by atoms with E-state index in [0.717, 1.165) is 44.8 Å². The Bertz CT molecular complexity index is 1510. The van der Waals surface area contributed by atoms with Crippen LogP contribution in [0.4, 0.5) is 17.2 Å². The first-order valence-electron chi connectivity index (χ1n) is 11.0. The fraction of sp³-hybridized carbons (Fsp3) is 0.0769. The summed E-state index contributed by atoms with van der Waals surface area (Å²) in [5.74, 6) is 0.666. The predicted octanol–water partition coefficient (Wildman–Crippen LogP) is 5.66. The molecule has 0 amide bonds. The summed E-state index contributed by atoms with van der Waals surface area (Å²) in [7, 11) is 0. The topological polar surface area (TPSA) is 117 Å². The minimum atomic E-state index is 0.600. The molecule has 0 saturated carbocycles. The second-order valence-corrected chi connectivity index (χ2v) is 8.33. The quantitative estimate of drug-likeness (QED) is 0.236. The third-order valence-corrected chi connectivity index (χ3v) is 5.92. The van der Waals surface area contributed by atoms with Gasteiger partial charge in [-0.05, 0) is 66.7 Å². The molecule has 0 aliphatic rings. The normalized spacial score (nSPS) is 11.3. The van der Waals surface area contributed by atoms with Gasteiger partial charge in [-0.1, -0.05) is 23.7 Å². The number of hydrogen-bond acceptors (Lipinski definition) is 7. The van der Waals surface area contributed by atoms with Crippen molar-refractivity contribution in [1.29, 1.82) is 0 Å². The predicted molar refractivity (Wildman–Crippen MR) is 141 cm³/mol. The Morgan fingerprint density at radius 2 is 1.89 bits per heavy atom. The van der Waals surface area contributed by atoms with Crippen molar-refractivity contribution < 1.29 is 0 Å². The maximum absolute atomic E-state index is 6.01. The lowest BCUT2D eigenvalue weighted by Gasteiger charge is -2.18. The van der Waals surface area contributed by atoms with Crippen LogP contribution < -0.4 is 16.4 Å². The van der Waals surface area contributed by atoms with Crippen LogP contribution in [0.3, 0.4) is 0 Å². The number of nitrogens with zero attached hydrogens (tertiary/aromatic N) is 4. The second kappa shape index (κ2) is 9.82. The van der Waals surface area contributed by atoms with Crippen molar-refractivity contribution >= 4 is 46.0 Å². The number of imidazole rings is 1. The van der Waals surface area contributed by atoms with E-state index in [4.69, 9.17) is 17.3 Å². The van der Waals surface area contributed by atoms with Gasteiger partial charge in [0.25, 0.3) is 0 Å². The third kappa shape index (κ3) is 4.64. The summed E-state index contributed by atoms with van der Waals surface area (Å²) in [5.41, 5.74) is 13.7. The number of nitrogens with two attached hydrogens (primary N) is 1. The lowest BCUT2D eigenvalue weighted by atomic mass is 10.00. The standard InChI is InChI=1S/C26H23ClN8/c1-16-4-5-17(13-30-19-8-6-18(27)7-9-19)20(10-11-28)22(16)35-25-21(3-2-12-29-25)23-24-26(33-14-31-23)34-15-32-24/h2-12,14-15,30H,13,28H2,1H3,(H,29,35)(H,31,32,33,34). The summed E-state index contributed by atoms with van der Waals surface area (Å²) in [4.78, 5) is 20.7. The molecule has 0 saturated heterocycles. The van der Waals surface area contributed by atoms with E-state index < -0.39 is 0 Å². The largest absolute Gasteiger partial charge is 0.405 e. The molecule has 0 aliphatic carbocycles. The molecule has 2 aromatic carbocycles. The average molecular weight is 483 g/mol. The molecule has 0 atom stereocenters. The molecule has 5 N–H and O–H groups in total. The maximum Gasteiger partial charge on any atom is 0.181 e. The molecule has 8 nitrogen and oxygen atoms in total. The lowest BCUT2D eigenvalue weighted by molar-refractivity contribution is 1.13. The van der Waals surface area contributed by atoms with E-state index in [1.807, 2.05) is 49.4 Å². The number of benzene rings is 2. The lowest BCUT2D eigenvalue weighted by Crippen LogP contribution is -2.06. The minimum Gasteiger partial charge on any atom is -0.405 e. The summed E-state index contributed by atoms with van der Waals surface area (Å²) in [5, 5.41) is 7.69. The molecule has 0 spiro atoms. The summed E-state index contributed by atoms with van der Waals surface area (Å²) < 4.78 is 0. The van der Waals surface area contributed by atoms with Crippen LogP contribution in [0, 0.1) is 6.92 Å². The molecule has 9 heteroatoms. The van der Waals surface area contributed by atoms with Crippen molar-refractivity contribution in [3.63, 3.8) is 0 Å². The Morgan fingerprint density at radius 1 is 1.03 bits per heavy atom. The molecular weight excluding hydrogens is 460 g/mol. The van der Waals surface area contributed by atoms with Gasteiger partial charge in [0.15, 0.2) is 5.65 Å². The van der Waals surface area contributed by atoms with Crippen LogP contribution in [-0.2, 0) is 6.54 Å². The van der Waals surface area contributed by atoms with E-state index in [1.165, 1.54) is 6.33 Å². The van der Waals surface area contributed by atoms with E-state index in [2.05, 4.69) is 47.7 Å². The number of halogens is 1. The zero-order chi connectivity index (χ0) is 24.2. The molecule has 0 radical (unpaired) electrons. The zero-order valence-electron chi connectivity index (χ0n) is 19.0. The van der Waals surface area contributed by atoms with Gasteiger partial charge in [0.2, 0.25) is 0 Å². The van der Waals surface area contributed by atoms with Crippen LogP contribution in [0.2, 0.25) is 5.02 Å². The van der Waals surface area contributed by atoms with Gasteiger partial charge in [0.1, 0.15) is 23.4 Å². The van der Waals surface area contributed by atoms with Gasteiger partial charge in [-0.25, -0.2) is 19.9 Å². The van der Waals surface area contributed by atoms with Crippen LogP contribution in [-0.4, -0.2) is 24.9 Å². The first-order valence-corrected chi connectivity index (χ1v) is 11.4. The summed E-state index contributed by atoms with van der Waals surface area (Å²) in [6.45, 7) is 2.65. The van der Waals surface area contributed by atoms with E-state index in [1.54, 1.807) is 18.7 Å². The van der Waals surface area contributed by atoms with Crippen LogP contribution >= 0.6 is 11.6 Å². The Labute approximate surface area is 207 Å². The van der Waals surface area contributed by atoms with E-state index in [-0.39, 0.29) is 0 Å². The number of nitrogens with one attached hydrogen (secondary N) is 3. The van der Waals surface area contributed by atoms with Crippen molar-refractivity contribution in [2.24, 2.45) is 5.73 Å². The Hall–Kier alpha value is -4.43. The van der Waals surface area contributed by atoms with Crippen LogP contribution in [0.15, 0.2) is 73.6 Å². The van der Waals surface area contributed by atoms with E-state index in [0.29, 0.717) is 23.0 Å². The number of aromatic amines is 1. The van der Waals surface area contributed by atoms with Crippen molar-refractivity contribution in [3.8, 4) is 11.3 Å². The van der Waals surface area contributed by atoms with Gasteiger partial charge in [-0.3, -0.25) is 0 Å². The van der Waals surface area contributed by atoms with Crippen molar-refractivity contribution in [1.82, 2.24) is 24.9 Å². The van der Waals surface area contributed by atoms with Crippen LogP contribution in [0.1, 0.15) is 16.7 Å². The fourth-order valence-corrected chi connectivity index (χ4v) is 4.05. The van der Waals surface area contributed by atoms with Gasteiger partial charge in [0, 0.05) is 34.6 Å². The minimum absolute atomic E-state index is 0.600. The highest BCUT2D eigenvalue weighted by molar-refractivity contribution is 6.30. The van der Waals surface area contributed by atoms with Crippen LogP contribution in [0.5, 0.6) is 0 Å². The number of aryl methyl sites for hydroxylation is 1. The molecule has 3 heterocycles. The zero-order valence-corrected chi connectivity index (χ0v) is 19.7. The number of H-pyrrole nitrogens is 1. The average Bonchev–Trinajstić information content (AvgIpc) is 3.36. The SMILES string of the molecule is Cc1ccc(CNc2ccc(Cl)cc2)c(C=CN)c1Nc1ncccc1-c1ncnc2nc[nH]c12. The highest BCUT2D eigenvalue weighted by Crippen LogP contribution is 2.34. The molecule has 0 bridgehead atoms. The molecule has 0 aliphatic heterocycles. The first-order chi connectivity index (χ1) is 17.1. The summed E-state index contributed by atoms with van der Waals surface area (Å²) in [6.07, 6.45) is 8.30. The first kappa shape index (κ1) is 22.4. The van der Waals surface area contributed by atoms with Gasteiger partial charge in [-0.15, -0.1) is 0 Å². The summed E-state index contributed by atoms with van der Waals surface area (Å²) >= 11 is 6.01. The molecule has 0 unspecified atom stereocenters. The maximum atomic E-state index is 6.01. The van der Waals surface area contributed by atoms with Crippen molar-refractivity contribution in [2.45, 2.75) is 13.5 Å². The van der Waals surface area contributed by atoms with Gasteiger partial charge in [0.05, 0.1) is 12.0 Å². The molecule has 3 aromatic heterocycles. The molecule has 35 heavy (non-hydrogen) atoms. The Kier molecular flexibility index (Phi) is 6.28. The molecule has 5 rings (SSSR count). The number of rotatable bonds is 7. The highest BCUT2D eigenvalue weighted by atomic mass is 35.5. The number of anilines is 3. The second-order valence-electron chi connectivity index (χ2n) is 7.90. The van der Waals surface area contributed by atoms with Gasteiger partial charge in [-0.2, -0.15) is 0 Å². The monoisotopic (exact) mass is 482 g/mol. The number of pyridine rings is 1. The van der Waals surface area contributed by atoms with Crippen molar-refractivity contribution in [2.75, 3.05) is 10.6 Å². The van der Waals surface area contributed by atoms with Crippen LogP contribution in [0.25, 0.3) is 28.5 Å². The van der Waals surface area contributed by atoms with Gasteiger partial charge >= 0.3 is 0 Å². The summed E-state index contributed by atoms with van der Waals surface area (Å²) in [6, 6.07) is 15.6. The Morgan fingerprint density at radius 3 is 2.71 bits per heavy atom. The molecule has 0 fully saturated rings. The Balaban J connectivity index is 1.53. The molecule has 174 valence electrons. The molecule has 5 aromatic rings. The van der Waals surface area contributed by atoms with Gasteiger partial charge < -0.3 is 21.4 Å². The highest BCUT2D eigenvalue weighted by Gasteiger charge is 2.16. The van der Waals surface area contributed by atoms with Crippen molar-refractivity contribution in [3.05, 3.63) is 95.3 Å². The third-order valence-electron chi connectivity index (χ3n) is 5.66. The number of aromatic nitrogens is 5. The number of fused-ring (bicyclic) bond motifs is 1. The van der Waals surface area contributed by atoms with E-state index in [9.17, 15) is 0 Å². The smallest absolute Gasteiger partial charge is 0.181 e. The fourth-order valence-electron chi connectivity index (χ4n) is 3.93. The van der Waals surface area contributed by atoms with E-state index >= 15 is 0 Å². The molecular formula is C26H23ClN8.